The summed E-state index contributed by atoms with van der Waals surface area (Å²) < 4.78 is 10.7. The van der Waals surface area contributed by atoms with E-state index in [4.69, 9.17) is 8.94 Å². The highest BCUT2D eigenvalue weighted by Crippen LogP contribution is 2.29. The average molecular weight is 375 g/mol. The monoisotopic (exact) mass is 375 g/mol. The summed E-state index contributed by atoms with van der Waals surface area (Å²) in [5.74, 6) is 1.55. The molecule has 28 heavy (non-hydrogen) atoms. The van der Waals surface area contributed by atoms with Gasteiger partial charge in [-0.2, -0.15) is 10.1 Å². The second-order valence-corrected chi connectivity index (χ2v) is 6.76. The number of hydrogen-bond donors (Lipinski definition) is 1. The number of aromatic amines is 1. The van der Waals surface area contributed by atoms with E-state index >= 15 is 0 Å². The van der Waals surface area contributed by atoms with Crippen LogP contribution in [0.4, 0.5) is 0 Å². The Morgan fingerprint density at radius 1 is 1.18 bits per heavy atom. The van der Waals surface area contributed by atoms with Gasteiger partial charge in [-0.3, -0.25) is 9.89 Å². The van der Waals surface area contributed by atoms with Crippen LogP contribution in [0.5, 0.6) is 0 Å². The third-order valence-electron chi connectivity index (χ3n) is 4.82. The first-order valence-corrected chi connectivity index (χ1v) is 9.01. The van der Waals surface area contributed by atoms with E-state index in [1.165, 1.54) is 0 Å². The van der Waals surface area contributed by atoms with Crippen LogP contribution < -0.4 is 0 Å². The van der Waals surface area contributed by atoms with Crippen LogP contribution in [0.25, 0.3) is 23.0 Å². The highest BCUT2D eigenvalue weighted by atomic mass is 16.5. The predicted molar refractivity (Wildman–Crippen MR) is 98.8 cm³/mol. The molecule has 8 heteroatoms. The van der Waals surface area contributed by atoms with Gasteiger partial charge in [0.05, 0.1) is 6.26 Å². The molecule has 1 aliphatic rings. The van der Waals surface area contributed by atoms with Gasteiger partial charge >= 0.3 is 0 Å². The second-order valence-electron chi connectivity index (χ2n) is 6.76. The van der Waals surface area contributed by atoms with Crippen LogP contribution in [0, 0.1) is 0 Å². The van der Waals surface area contributed by atoms with Crippen molar-refractivity contribution < 1.29 is 13.7 Å². The highest BCUT2D eigenvalue weighted by molar-refractivity contribution is 5.79. The summed E-state index contributed by atoms with van der Waals surface area (Å²) in [5, 5.41) is 11.2. The summed E-state index contributed by atoms with van der Waals surface area (Å²) in [5.41, 5.74) is 2.37. The molecule has 1 atom stereocenters. The molecule has 140 valence electrons. The fraction of sp³-hybridized carbons (Fsp3) is 0.200. The van der Waals surface area contributed by atoms with Gasteiger partial charge < -0.3 is 13.8 Å². The van der Waals surface area contributed by atoms with Crippen LogP contribution in [0.2, 0.25) is 0 Å². The van der Waals surface area contributed by atoms with Crippen molar-refractivity contribution in [2.24, 2.45) is 0 Å². The Hall–Kier alpha value is -3.68. The summed E-state index contributed by atoms with van der Waals surface area (Å²) in [4.78, 5) is 18.7. The quantitative estimate of drug-likeness (QED) is 0.575. The Morgan fingerprint density at radius 3 is 2.89 bits per heavy atom. The van der Waals surface area contributed by atoms with Crippen LogP contribution in [-0.2, 0) is 11.3 Å². The molecule has 1 unspecified atom stereocenters. The van der Waals surface area contributed by atoms with Gasteiger partial charge in [-0.05, 0) is 17.7 Å². The molecule has 0 bridgehead atoms. The van der Waals surface area contributed by atoms with E-state index in [0.717, 1.165) is 5.56 Å². The van der Waals surface area contributed by atoms with Crippen LogP contribution in [0.3, 0.4) is 0 Å². The third kappa shape index (κ3) is 3.09. The fourth-order valence-electron chi connectivity index (χ4n) is 3.39. The first kappa shape index (κ1) is 16.5. The summed E-state index contributed by atoms with van der Waals surface area (Å²) in [6.07, 6.45) is 1.97. The van der Waals surface area contributed by atoms with E-state index < -0.39 is 0 Å². The minimum atomic E-state index is -0.0822. The molecule has 1 aromatic carbocycles. The molecule has 5 rings (SSSR count). The van der Waals surface area contributed by atoms with Crippen LogP contribution in [0.1, 0.15) is 23.7 Å². The van der Waals surface area contributed by atoms with Gasteiger partial charge in [-0.1, -0.05) is 35.5 Å². The Labute approximate surface area is 160 Å². The number of nitrogens with zero attached hydrogens (tertiary/aromatic N) is 4. The maximum atomic E-state index is 12.4. The molecule has 0 spiro atoms. The largest absolute Gasteiger partial charge is 0.463 e. The van der Waals surface area contributed by atoms with E-state index in [2.05, 4.69) is 20.3 Å². The number of amides is 1. The molecule has 1 aliphatic heterocycles. The van der Waals surface area contributed by atoms with Gasteiger partial charge in [0.15, 0.2) is 11.6 Å². The van der Waals surface area contributed by atoms with Crippen molar-refractivity contribution in [2.45, 2.75) is 18.9 Å². The summed E-state index contributed by atoms with van der Waals surface area (Å²) in [6.45, 7) is 1.17. The van der Waals surface area contributed by atoms with Crippen LogP contribution in [-0.4, -0.2) is 37.7 Å². The number of H-pyrrole nitrogens is 1. The lowest BCUT2D eigenvalue weighted by atomic mass is 10.1. The summed E-state index contributed by atoms with van der Waals surface area (Å²) >= 11 is 0. The van der Waals surface area contributed by atoms with Crippen molar-refractivity contribution in [2.75, 3.05) is 6.54 Å². The van der Waals surface area contributed by atoms with Gasteiger partial charge in [-0.15, -0.1) is 0 Å². The lowest BCUT2D eigenvalue weighted by Gasteiger charge is -2.15. The number of rotatable bonds is 5. The Kier molecular flexibility index (Phi) is 4.01. The molecule has 0 radical (unpaired) electrons. The Morgan fingerprint density at radius 2 is 2.07 bits per heavy atom. The maximum Gasteiger partial charge on any atom is 0.275 e. The highest BCUT2D eigenvalue weighted by Gasteiger charge is 2.33. The van der Waals surface area contributed by atoms with E-state index in [1.54, 1.807) is 18.4 Å². The SMILES string of the molecule is O=C1CC(c2noc(-c3cc(-c4ccco4)n[nH]3)n2)CN1Cc1ccccc1. The minimum absolute atomic E-state index is 0.0822. The lowest BCUT2D eigenvalue weighted by Crippen LogP contribution is -2.24. The van der Waals surface area contributed by atoms with E-state index in [1.807, 2.05) is 41.3 Å². The van der Waals surface area contributed by atoms with Crippen LogP contribution >= 0.6 is 0 Å². The number of furan rings is 1. The molecule has 1 fully saturated rings. The normalized spacial score (nSPS) is 16.8. The van der Waals surface area contributed by atoms with Crippen molar-refractivity contribution in [1.82, 2.24) is 25.2 Å². The first-order valence-electron chi connectivity index (χ1n) is 9.01. The number of carbonyl (C=O) groups is 1. The summed E-state index contributed by atoms with van der Waals surface area (Å²) in [6, 6.07) is 15.4. The Bertz CT molecular complexity index is 1080. The van der Waals surface area contributed by atoms with Gasteiger partial charge in [0.2, 0.25) is 5.91 Å². The first-order chi connectivity index (χ1) is 13.8. The van der Waals surface area contributed by atoms with E-state index in [-0.39, 0.29) is 11.8 Å². The Balaban J connectivity index is 1.31. The summed E-state index contributed by atoms with van der Waals surface area (Å²) in [7, 11) is 0. The average Bonchev–Trinajstić information content (AvgIpc) is 3.50. The zero-order valence-electron chi connectivity index (χ0n) is 14.9. The number of aromatic nitrogens is 4. The van der Waals surface area contributed by atoms with Gasteiger partial charge in [0.1, 0.15) is 11.4 Å². The fourth-order valence-corrected chi connectivity index (χ4v) is 3.39. The second kappa shape index (κ2) is 6.80. The topological polar surface area (TPSA) is 101 Å². The molecule has 1 N–H and O–H groups in total. The molecule has 3 aromatic heterocycles. The van der Waals surface area contributed by atoms with Gasteiger partial charge in [0.25, 0.3) is 5.89 Å². The number of benzene rings is 1. The molecule has 0 saturated carbocycles. The smallest absolute Gasteiger partial charge is 0.275 e. The van der Waals surface area contributed by atoms with Crippen molar-refractivity contribution in [3.63, 3.8) is 0 Å². The lowest BCUT2D eigenvalue weighted by molar-refractivity contribution is -0.128. The zero-order chi connectivity index (χ0) is 18.9. The van der Waals surface area contributed by atoms with Crippen molar-refractivity contribution >= 4 is 5.91 Å². The van der Waals surface area contributed by atoms with Gasteiger partial charge in [-0.25, -0.2) is 0 Å². The number of nitrogens with one attached hydrogen (secondary N) is 1. The van der Waals surface area contributed by atoms with Gasteiger partial charge in [0, 0.05) is 31.5 Å². The number of hydrogen-bond acceptors (Lipinski definition) is 6. The number of carbonyl (C=O) groups excluding carboxylic acids is 1. The van der Waals surface area contributed by atoms with E-state index in [9.17, 15) is 4.79 Å². The molecule has 1 amide bonds. The van der Waals surface area contributed by atoms with E-state index in [0.29, 0.717) is 48.4 Å². The van der Waals surface area contributed by atoms with Crippen molar-refractivity contribution in [1.29, 1.82) is 0 Å². The van der Waals surface area contributed by atoms with Crippen molar-refractivity contribution in [3.05, 3.63) is 66.2 Å². The molecule has 4 aromatic rings. The number of likely N-dealkylation sites (tertiary alicyclic amines) is 1. The molecule has 0 aliphatic carbocycles. The minimum Gasteiger partial charge on any atom is -0.463 e. The standard InChI is InChI=1S/C20H17N5O3/c26-18-9-14(12-25(18)11-13-5-2-1-3-6-13)19-21-20(28-24-19)16-10-15(22-23-16)17-7-4-8-27-17/h1-8,10,14H,9,11-12H2,(H,22,23). The molecule has 8 nitrogen and oxygen atoms in total. The van der Waals surface area contributed by atoms with Crippen LogP contribution in [0.15, 0.2) is 63.7 Å². The zero-order valence-corrected chi connectivity index (χ0v) is 14.9. The molecular weight excluding hydrogens is 358 g/mol. The van der Waals surface area contributed by atoms with Crippen molar-refractivity contribution in [3.8, 4) is 23.0 Å². The molecular formula is C20H17N5O3. The third-order valence-corrected chi connectivity index (χ3v) is 4.82. The molecule has 1 saturated heterocycles. The maximum absolute atomic E-state index is 12.4. The predicted octanol–water partition coefficient (Wildman–Crippen LogP) is 3.24. The molecule has 4 heterocycles.